The maximum absolute atomic E-state index is 12.0. The zero-order chi connectivity index (χ0) is 36.4. The predicted octanol–water partition coefficient (Wildman–Crippen LogP) is 10.8. The van der Waals surface area contributed by atoms with Crippen LogP contribution in [0.3, 0.4) is 0 Å². The molecule has 1 unspecified atom stereocenters. The van der Waals surface area contributed by atoms with Crippen LogP contribution in [0.4, 0.5) is 0 Å². The Morgan fingerprint density at radius 1 is 0.612 bits per heavy atom. The normalized spacial score (nSPS) is 11.9. The summed E-state index contributed by atoms with van der Waals surface area (Å²) in [6.45, 7) is 7.25. The molecule has 0 aliphatic heterocycles. The molecule has 1 rings (SSSR count). The van der Waals surface area contributed by atoms with Gasteiger partial charge in [0.05, 0.1) is 18.1 Å². The van der Waals surface area contributed by atoms with Crippen molar-refractivity contribution in [3.8, 4) is 0 Å². The molecule has 1 aromatic rings. The van der Waals surface area contributed by atoms with Crippen molar-refractivity contribution in [2.75, 3.05) is 13.2 Å². The van der Waals surface area contributed by atoms with Gasteiger partial charge in [-0.15, -0.1) is 0 Å². The Morgan fingerprint density at radius 3 is 1.33 bits per heavy atom. The Kier molecular flexibility index (Phi) is 31.9. The third kappa shape index (κ3) is 31.7. The van der Waals surface area contributed by atoms with Gasteiger partial charge in [-0.25, -0.2) is 0 Å². The number of carbonyl (C=O) groups excluding carboxylic acids is 2. The largest absolute Gasteiger partial charge is 0.466 e. The summed E-state index contributed by atoms with van der Waals surface area (Å²) in [4.78, 5) is 23.9. The molecular formula is C40H73NO7S. The van der Waals surface area contributed by atoms with Crippen molar-refractivity contribution >= 4 is 22.1 Å². The standard InChI is InChI=1S/C33H65NO4.C7H8O3S/c1-3-5-7-9-11-13-15-17-19-21-23-25-29-37-32(35)28-27-31(34)33(36)38-30-26-24-22-20-18-16-14-12-10-8-6-4-2;1-6-2-4-7(5-3-6)11(8,9)10/h31H,3-30,34H2,1-2H3;2-5H,1H3,(H,8,9,10). The van der Waals surface area contributed by atoms with Crippen molar-refractivity contribution in [2.24, 2.45) is 5.73 Å². The van der Waals surface area contributed by atoms with Gasteiger partial charge in [0, 0.05) is 6.42 Å². The van der Waals surface area contributed by atoms with E-state index in [1.807, 2.05) is 6.92 Å². The lowest BCUT2D eigenvalue weighted by molar-refractivity contribution is -0.146. The number of carbonyl (C=O) groups is 2. The van der Waals surface area contributed by atoms with E-state index in [4.69, 9.17) is 19.8 Å². The quantitative estimate of drug-likeness (QED) is 0.0442. The predicted molar refractivity (Wildman–Crippen MR) is 202 cm³/mol. The van der Waals surface area contributed by atoms with Gasteiger partial charge in [0.15, 0.2) is 0 Å². The topological polar surface area (TPSA) is 133 Å². The molecule has 49 heavy (non-hydrogen) atoms. The highest BCUT2D eigenvalue weighted by Gasteiger charge is 2.17. The summed E-state index contributed by atoms with van der Waals surface area (Å²) in [5, 5.41) is 0. The Labute approximate surface area is 300 Å². The Morgan fingerprint density at radius 2 is 0.959 bits per heavy atom. The van der Waals surface area contributed by atoms with E-state index in [2.05, 4.69) is 13.8 Å². The van der Waals surface area contributed by atoms with Gasteiger partial charge in [0.2, 0.25) is 0 Å². The molecule has 0 aromatic heterocycles. The summed E-state index contributed by atoms with van der Waals surface area (Å²) in [5.74, 6) is -0.667. The van der Waals surface area contributed by atoms with E-state index in [1.54, 1.807) is 12.1 Å². The number of hydrogen-bond acceptors (Lipinski definition) is 7. The van der Waals surface area contributed by atoms with E-state index in [-0.39, 0.29) is 23.7 Å². The van der Waals surface area contributed by atoms with E-state index in [9.17, 15) is 18.0 Å². The molecular weight excluding hydrogens is 639 g/mol. The average Bonchev–Trinajstić information content (AvgIpc) is 3.07. The van der Waals surface area contributed by atoms with Crippen LogP contribution in [0, 0.1) is 6.92 Å². The molecule has 3 N–H and O–H groups in total. The lowest BCUT2D eigenvalue weighted by Gasteiger charge is -2.11. The highest BCUT2D eigenvalue weighted by Crippen LogP contribution is 2.14. The van der Waals surface area contributed by atoms with Crippen LogP contribution in [0.15, 0.2) is 29.2 Å². The van der Waals surface area contributed by atoms with Crippen LogP contribution in [0.25, 0.3) is 0 Å². The van der Waals surface area contributed by atoms with Crippen LogP contribution in [0.1, 0.15) is 186 Å². The molecule has 8 nitrogen and oxygen atoms in total. The van der Waals surface area contributed by atoms with Crippen LogP contribution in [0.5, 0.6) is 0 Å². The summed E-state index contributed by atoms with van der Waals surface area (Å²) in [7, 11) is -4.02. The van der Waals surface area contributed by atoms with Gasteiger partial charge in [-0.3, -0.25) is 14.1 Å². The summed E-state index contributed by atoms with van der Waals surface area (Å²) in [6.07, 6.45) is 31.2. The molecule has 0 aliphatic carbocycles. The van der Waals surface area contributed by atoms with Crippen molar-refractivity contribution in [2.45, 2.75) is 199 Å². The lowest BCUT2D eigenvalue weighted by atomic mass is 10.1. The van der Waals surface area contributed by atoms with E-state index >= 15 is 0 Å². The van der Waals surface area contributed by atoms with E-state index < -0.39 is 22.1 Å². The highest BCUT2D eigenvalue weighted by atomic mass is 32.2. The second kappa shape index (κ2) is 33.2. The molecule has 0 spiro atoms. The molecule has 0 heterocycles. The molecule has 0 aliphatic rings. The van der Waals surface area contributed by atoms with Gasteiger partial charge >= 0.3 is 11.9 Å². The first kappa shape index (κ1) is 47.0. The fourth-order valence-electron chi connectivity index (χ4n) is 5.53. The van der Waals surface area contributed by atoms with Gasteiger partial charge < -0.3 is 15.2 Å². The van der Waals surface area contributed by atoms with E-state index in [1.165, 1.54) is 141 Å². The first-order valence-corrected chi connectivity index (χ1v) is 21.2. The third-order valence-corrected chi connectivity index (χ3v) is 9.65. The minimum atomic E-state index is -4.02. The first-order chi connectivity index (χ1) is 23.6. The molecule has 0 bridgehead atoms. The minimum absolute atomic E-state index is 0.0666. The summed E-state index contributed by atoms with van der Waals surface area (Å²) in [6, 6.07) is 5.24. The van der Waals surface area contributed by atoms with Gasteiger partial charge in [-0.1, -0.05) is 173 Å². The molecule has 286 valence electrons. The molecule has 0 saturated carbocycles. The number of unbranched alkanes of at least 4 members (excludes halogenated alkanes) is 22. The fourth-order valence-corrected chi connectivity index (χ4v) is 6.01. The van der Waals surface area contributed by atoms with Crippen LogP contribution >= 0.6 is 0 Å². The zero-order valence-electron chi connectivity index (χ0n) is 31.6. The number of rotatable bonds is 31. The van der Waals surface area contributed by atoms with Crippen molar-refractivity contribution < 1.29 is 32.0 Å². The molecule has 0 saturated heterocycles. The van der Waals surface area contributed by atoms with Crippen molar-refractivity contribution in [3.63, 3.8) is 0 Å². The number of nitrogens with two attached hydrogens (primary N) is 1. The number of esters is 2. The van der Waals surface area contributed by atoms with Crippen molar-refractivity contribution in [1.82, 2.24) is 0 Å². The number of aryl methyl sites for hydroxylation is 1. The molecule has 9 heteroatoms. The summed E-state index contributed by atoms with van der Waals surface area (Å²) >= 11 is 0. The first-order valence-electron chi connectivity index (χ1n) is 19.7. The van der Waals surface area contributed by atoms with Gasteiger partial charge in [-0.05, 0) is 38.3 Å². The fraction of sp³-hybridized carbons (Fsp3) is 0.800. The summed E-state index contributed by atoms with van der Waals surface area (Å²) < 4.78 is 40.1. The molecule has 0 fully saturated rings. The maximum Gasteiger partial charge on any atom is 0.322 e. The molecule has 0 amide bonds. The van der Waals surface area contributed by atoms with Crippen LogP contribution in [-0.4, -0.2) is 44.2 Å². The van der Waals surface area contributed by atoms with E-state index in [0.717, 1.165) is 31.2 Å². The number of hydrogen-bond donors (Lipinski definition) is 2. The highest BCUT2D eigenvalue weighted by molar-refractivity contribution is 7.85. The zero-order valence-corrected chi connectivity index (χ0v) is 32.4. The lowest BCUT2D eigenvalue weighted by Crippen LogP contribution is -2.33. The minimum Gasteiger partial charge on any atom is -0.466 e. The average molecular weight is 712 g/mol. The van der Waals surface area contributed by atoms with Crippen molar-refractivity contribution in [1.29, 1.82) is 0 Å². The smallest absolute Gasteiger partial charge is 0.322 e. The number of ether oxygens (including phenoxy) is 2. The van der Waals surface area contributed by atoms with Gasteiger partial charge in [0.25, 0.3) is 10.1 Å². The Balaban J connectivity index is 0.00000175. The van der Waals surface area contributed by atoms with Crippen LogP contribution in [-0.2, 0) is 29.2 Å². The van der Waals surface area contributed by atoms with Crippen LogP contribution in [0.2, 0.25) is 0 Å². The maximum atomic E-state index is 12.0. The Bertz CT molecular complexity index is 1010. The summed E-state index contributed by atoms with van der Waals surface area (Å²) in [5.41, 5.74) is 6.86. The Hall–Kier alpha value is -1.97. The van der Waals surface area contributed by atoms with Gasteiger partial charge in [0.1, 0.15) is 6.04 Å². The number of benzene rings is 1. The molecule has 0 radical (unpaired) electrons. The molecule has 1 atom stereocenters. The monoisotopic (exact) mass is 712 g/mol. The second-order valence-electron chi connectivity index (χ2n) is 13.6. The molecule has 1 aromatic carbocycles. The SMILES string of the molecule is CCCCCCCCCCCCCCOC(=O)CCC(N)C(=O)OCCCCCCCCCCCCCC.Cc1ccc(S(=O)(=O)O)cc1. The van der Waals surface area contributed by atoms with Crippen LogP contribution < -0.4 is 5.73 Å². The van der Waals surface area contributed by atoms with Crippen molar-refractivity contribution in [3.05, 3.63) is 29.8 Å². The second-order valence-corrected chi connectivity index (χ2v) is 15.0. The third-order valence-electron chi connectivity index (χ3n) is 8.78. The van der Waals surface area contributed by atoms with E-state index in [0.29, 0.717) is 13.2 Å². The van der Waals surface area contributed by atoms with Gasteiger partial charge in [-0.2, -0.15) is 8.42 Å².